The standard InChI is InChI=1S/C23H19ClN6O2S/c1-29(22-20-11-8-17(24)13-21(20)30-14-25-27-23(30)26-22)19-5-3-4-16(12-19)15-6-9-18(10-7-15)28-33(2,31)32/h3-14,28H,1-2H3. The van der Waals surface area contributed by atoms with E-state index in [0.717, 1.165) is 39.8 Å². The lowest BCUT2D eigenvalue weighted by molar-refractivity contribution is 0.607. The van der Waals surface area contributed by atoms with E-state index >= 15 is 0 Å². The zero-order chi connectivity index (χ0) is 23.2. The van der Waals surface area contributed by atoms with Gasteiger partial charge in [0, 0.05) is 28.8 Å². The van der Waals surface area contributed by atoms with Crippen LogP contribution in [0.3, 0.4) is 0 Å². The first-order valence-corrected chi connectivity index (χ1v) is 12.3. The van der Waals surface area contributed by atoms with E-state index in [9.17, 15) is 8.42 Å². The molecule has 0 fully saturated rings. The van der Waals surface area contributed by atoms with Crippen LogP contribution in [0.15, 0.2) is 73.1 Å². The van der Waals surface area contributed by atoms with Crippen molar-refractivity contribution in [1.29, 1.82) is 0 Å². The first-order chi connectivity index (χ1) is 15.8. The van der Waals surface area contributed by atoms with Crippen LogP contribution < -0.4 is 9.62 Å². The van der Waals surface area contributed by atoms with Crippen molar-refractivity contribution in [2.45, 2.75) is 0 Å². The normalized spacial score (nSPS) is 11.7. The Morgan fingerprint density at radius 2 is 1.79 bits per heavy atom. The largest absolute Gasteiger partial charge is 0.329 e. The highest BCUT2D eigenvalue weighted by Gasteiger charge is 2.15. The van der Waals surface area contributed by atoms with Crippen molar-refractivity contribution in [2.24, 2.45) is 0 Å². The monoisotopic (exact) mass is 478 g/mol. The Labute approximate surface area is 195 Å². The van der Waals surface area contributed by atoms with Gasteiger partial charge in [-0.05, 0) is 53.6 Å². The van der Waals surface area contributed by atoms with Crippen molar-refractivity contribution in [1.82, 2.24) is 19.6 Å². The second-order valence-electron chi connectivity index (χ2n) is 7.66. The average Bonchev–Trinajstić information content (AvgIpc) is 3.26. The first-order valence-electron chi connectivity index (χ1n) is 9.99. The fourth-order valence-corrected chi connectivity index (χ4v) is 4.47. The highest BCUT2D eigenvalue weighted by Crippen LogP contribution is 2.33. The zero-order valence-electron chi connectivity index (χ0n) is 17.8. The maximum absolute atomic E-state index is 11.4. The van der Waals surface area contributed by atoms with E-state index in [4.69, 9.17) is 16.6 Å². The molecule has 166 valence electrons. The van der Waals surface area contributed by atoms with E-state index in [-0.39, 0.29) is 0 Å². The van der Waals surface area contributed by atoms with Gasteiger partial charge in [-0.25, -0.2) is 8.42 Å². The topological polar surface area (TPSA) is 92.5 Å². The van der Waals surface area contributed by atoms with E-state index in [1.165, 1.54) is 0 Å². The van der Waals surface area contributed by atoms with Gasteiger partial charge in [-0.1, -0.05) is 35.9 Å². The third kappa shape index (κ3) is 4.20. The van der Waals surface area contributed by atoms with Crippen LogP contribution >= 0.6 is 11.6 Å². The molecule has 5 rings (SSSR count). The summed E-state index contributed by atoms with van der Waals surface area (Å²) in [6.45, 7) is 0. The Bertz CT molecular complexity index is 1600. The zero-order valence-corrected chi connectivity index (χ0v) is 19.3. The number of aromatic nitrogens is 4. The minimum Gasteiger partial charge on any atom is -0.329 e. The number of anilines is 3. The predicted molar refractivity (Wildman–Crippen MR) is 132 cm³/mol. The van der Waals surface area contributed by atoms with Crippen molar-refractivity contribution < 1.29 is 8.42 Å². The summed E-state index contributed by atoms with van der Waals surface area (Å²) in [4.78, 5) is 6.72. The van der Waals surface area contributed by atoms with E-state index in [1.54, 1.807) is 22.9 Å². The quantitative estimate of drug-likeness (QED) is 0.392. The van der Waals surface area contributed by atoms with Crippen molar-refractivity contribution in [3.05, 3.63) is 78.1 Å². The van der Waals surface area contributed by atoms with Crippen LogP contribution in [-0.2, 0) is 10.0 Å². The van der Waals surface area contributed by atoms with Crippen LogP contribution in [0.25, 0.3) is 27.8 Å². The van der Waals surface area contributed by atoms with Gasteiger partial charge in [-0.2, -0.15) is 4.98 Å². The minimum absolute atomic E-state index is 0.483. The molecule has 8 nitrogen and oxygen atoms in total. The fraction of sp³-hybridized carbons (Fsp3) is 0.0870. The molecule has 1 N–H and O–H groups in total. The van der Waals surface area contributed by atoms with Gasteiger partial charge in [-0.15, -0.1) is 10.2 Å². The summed E-state index contributed by atoms with van der Waals surface area (Å²) in [6.07, 6.45) is 2.75. The van der Waals surface area contributed by atoms with Crippen LogP contribution in [0.5, 0.6) is 0 Å². The average molecular weight is 479 g/mol. The van der Waals surface area contributed by atoms with Gasteiger partial charge in [-0.3, -0.25) is 9.12 Å². The summed E-state index contributed by atoms with van der Waals surface area (Å²) in [5, 5.41) is 9.63. The smallest absolute Gasteiger partial charge is 0.257 e. The molecule has 0 saturated carbocycles. The van der Waals surface area contributed by atoms with E-state index < -0.39 is 10.0 Å². The highest BCUT2D eigenvalue weighted by molar-refractivity contribution is 7.92. The maximum Gasteiger partial charge on any atom is 0.257 e. The van der Waals surface area contributed by atoms with Gasteiger partial charge in [0.15, 0.2) is 0 Å². The number of rotatable bonds is 5. The second-order valence-corrected chi connectivity index (χ2v) is 9.84. The van der Waals surface area contributed by atoms with Crippen LogP contribution in [0, 0.1) is 0 Å². The van der Waals surface area contributed by atoms with E-state index in [0.29, 0.717) is 16.5 Å². The van der Waals surface area contributed by atoms with Gasteiger partial charge in [0.1, 0.15) is 12.1 Å². The molecule has 0 saturated heterocycles. The fourth-order valence-electron chi connectivity index (χ4n) is 3.74. The number of hydrogen-bond acceptors (Lipinski definition) is 6. The molecule has 5 aromatic rings. The Morgan fingerprint density at radius 3 is 2.55 bits per heavy atom. The van der Waals surface area contributed by atoms with Gasteiger partial charge < -0.3 is 4.90 Å². The summed E-state index contributed by atoms with van der Waals surface area (Å²) in [7, 11) is -1.37. The third-order valence-corrected chi connectivity index (χ3v) is 6.11. The number of hydrogen-bond donors (Lipinski definition) is 1. The van der Waals surface area contributed by atoms with E-state index in [2.05, 4.69) is 21.0 Å². The summed E-state index contributed by atoms with van der Waals surface area (Å²) in [6, 6.07) is 20.9. The lowest BCUT2D eigenvalue weighted by Gasteiger charge is -2.21. The lowest BCUT2D eigenvalue weighted by atomic mass is 10.0. The lowest BCUT2D eigenvalue weighted by Crippen LogP contribution is -2.13. The Hall–Kier alpha value is -3.69. The predicted octanol–water partition coefficient (Wildman–Crippen LogP) is 4.74. The molecule has 0 atom stereocenters. The Balaban J connectivity index is 1.54. The molecule has 0 spiro atoms. The molecule has 0 radical (unpaired) electrons. The van der Waals surface area contributed by atoms with Gasteiger partial charge in [0.2, 0.25) is 10.0 Å². The van der Waals surface area contributed by atoms with Gasteiger partial charge in [0.05, 0.1) is 11.8 Å². The van der Waals surface area contributed by atoms with Crippen molar-refractivity contribution in [3.63, 3.8) is 0 Å². The molecule has 2 heterocycles. The molecule has 10 heteroatoms. The molecule has 0 bridgehead atoms. The highest BCUT2D eigenvalue weighted by atomic mass is 35.5. The first kappa shape index (κ1) is 21.2. The molecule has 0 aliphatic rings. The number of benzene rings is 3. The summed E-state index contributed by atoms with van der Waals surface area (Å²) in [5.74, 6) is 1.21. The third-order valence-electron chi connectivity index (χ3n) is 5.27. The molecule has 0 aliphatic heterocycles. The van der Waals surface area contributed by atoms with Crippen LogP contribution in [0.2, 0.25) is 5.02 Å². The van der Waals surface area contributed by atoms with Gasteiger partial charge in [0.25, 0.3) is 5.78 Å². The van der Waals surface area contributed by atoms with Crippen molar-refractivity contribution in [3.8, 4) is 11.1 Å². The molecule has 0 unspecified atom stereocenters. The molecule has 0 aliphatic carbocycles. The van der Waals surface area contributed by atoms with Crippen molar-refractivity contribution >= 4 is 55.5 Å². The molecular weight excluding hydrogens is 460 g/mol. The minimum atomic E-state index is -3.32. The Kier molecular flexibility index (Phi) is 5.15. The van der Waals surface area contributed by atoms with Crippen LogP contribution in [0.1, 0.15) is 0 Å². The summed E-state index contributed by atoms with van der Waals surface area (Å²) >= 11 is 6.24. The SMILES string of the molecule is CN(c1cccc(-c2ccc(NS(C)(=O)=O)cc2)c1)c1nc2nncn2c2cc(Cl)ccc12. The number of nitrogens with zero attached hydrogens (tertiary/aromatic N) is 5. The number of nitrogens with one attached hydrogen (secondary N) is 1. The van der Waals surface area contributed by atoms with Gasteiger partial charge >= 0.3 is 0 Å². The summed E-state index contributed by atoms with van der Waals surface area (Å²) < 4.78 is 27.2. The molecule has 2 aromatic heterocycles. The van der Waals surface area contributed by atoms with E-state index in [1.807, 2.05) is 60.5 Å². The van der Waals surface area contributed by atoms with Crippen LogP contribution in [-0.4, -0.2) is 41.3 Å². The Morgan fingerprint density at radius 1 is 1.00 bits per heavy atom. The second kappa shape index (κ2) is 8.02. The van der Waals surface area contributed by atoms with Crippen LogP contribution in [0.4, 0.5) is 17.2 Å². The summed E-state index contributed by atoms with van der Waals surface area (Å²) in [5.41, 5.74) is 4.26. The number of halogens is 1. The number of fused-ring (bicyclic) bond motifs is 3. The molecular formula is C23H19ClN6O2S. The van der Waals surface area contributed by atoms with Crippen molar-refractivity contribution in [2.75, 3.05) is 22.9 Å². The molecule has 33 heavy (non-hydrogen) atoms. The maximum atomic E-state index is 11.4. The molecule has 3 aromatic carbocycles. The number of sulfonamides is 1. The molecule has 0 amide bonds.